The predicted octanol–water partition coefficient (Wildman–Crippen LogP) is 10.9. The van der Waals surface area contributed by atoms with Gasteiger partial charge in [0.1, 0.15) is 70.6 Å². The second-order valence-corrected chi connectivity index (χ2v) is 19.7. The minimum absolute atomic E-state index is 0.0134. The zero-order valence-corrected chi connectivity index (χ0v) is 39.3. The van der Waals surface area contributed by atoms with Gasteiger partial charge in [-0.15, -0.1) is 21.9 Å². The minimum atomic E-state index is -7.22. The van der Waals surface area contributed by atoms with Gasteiger partial charge in [0.15, 0.2) is 75.4 Å². The van der Waals surface area contributed by atoms with Gasteiger partial charge in [-0.2, -0.15) is 0 Å². The lowest BCUT2D eigenvalue weighted by Gasteiger charge is -2.44. The summed E-state index contributed by atoms with van der Waals surface area (Å²) in [5.41, 5.74) is -12.6. The van der Waals surface area contributed by atoms with Crippen molar-refractivity contribution in [1.29, 1.82) is 0 Å². The lowest BCUT2D eigenvalue weighted by molar-refractivity contribution is -0.154. The molecule has 0 bridgehead atoms. The van der Waals surface area contributed by atoms with Crippen LogP contribution in [-0.4, -0.2) is 48.6 Å². The number of hydrogen-bond acceptors (Lipinski definition) is 4. The van der Waals surface area contributed by atoms with E-state index >= 15 is 35.1 Å². The Morgan fingerprint density at radius 3 is 0.880 bits per heavy atom. The first-order valence-electron chi connectivity index (χ1n) is 22.2. The average molecular weight is 1110 g/mol. The Morgan fingerprint density at radius 2 is 0.640 bits per heavy atom. The Morgan fingerprint density at radius 1 is 0.400 bits per heavy atom. The van der Waals surface area contributed by atoms with Gasteiger partial charge < -0.3 is 9.47 Å². The van der Waals surface area contributed by atoms with E-state index in [2.05, 4.69) is 12.5 Å². The van der Waals surface area contributed by atoms with E-state index in [1.54, 1.807) is 0 Å². The Hall–Kier alpha value is -6.21. The summed E-state index contributed by atoms with van der Waals surface area (Å²) < 4.78 is 306. The van der Waals surface area contributed by atoms with Crippen molar-refractivity contribution in [3.8, 4) is 0 Å². The summed E-state index contributed by atoms with van der Waals surface area (Å²) in [6.45, 7) is 0. The summed E-state index contributed by atoms with van der Waals surface area (Å²) in [6, 6.07) is 9.75. The molecule has 0 amide bonds. The highest BCUT2D eigenvalue weighted by atomic mass is 32.2. The molecule has 0 spiro atoms. The van der Waals surface area contributed by atoms with Crippen LogP contribution in [0.5, 0.6) is 0 Å². The van der Waals surface area contributed by atoms with Gasteiger partial charge in [-0.25, -0.2) is 97.4 Å². The third kappa shape index (κ3) is 10.7. The molecule has 2 saturated carbocycles. The van der Waals surface area contributed by atoms with Crippen molar-refractivity contribution in [1.82, 2.24) is 0 Å². The first kappa shape index (κ1) is 58.1. The molecule has 0 unspecified atom stereocenters. The fraction of sp³-hybridized carbons (Fsp3) is 0.306. The second-order valence-electron chi connectivity index (χ2n) is 17.5. The Bertz CT molecular complexity index is 2650. The van der Waals surface area contributed by atoms with Crippen molar-refractivity contribution >= 4 is 56.4 Å². The lowest BCUT2D eigenvalue weighted by atomic mass is 9.12. The first-order chi connectivity index (χ1) is 35.2. The standard InChI is InChI=1S/C25H35O4S.C24BF20/c1-30(2)18-22(19-12-6-3-7-13-19)23(24(26)28-20-14-8-4-9-15-20)25(27)29-21-16-10-5-11-17-21;26-5-1(6(27)14(35)21(42)13(5)34)25(2-7(28)15(36)22(43)16(37)8(2)29,3-9(30)17(38)23(44)18(39)10(3)31)4-11(32)19(40)24(45)20(41)12(4)33/h3,6-7,12-13,20-21H,4-5,8-11,14-18H2,1-2H3;/q+1;-1. The molecule has 2 fully saturated rings. The van der Waals surface area contributed by atoms with Crippen molar-refractivity contribution < 1.29 is 107 Å². The van der Waals surface area contributed by atoms with Crippen molar-refractivity contribution in [2.75, 3.05) is 18.3 Å². The summed E-state index contributed by atoms with van der Waals surface area (Å²) in [5, 5.41) is 0. The summed E-state index contributed by atoms with van der Waals surface area (Å²) in [5.74, 6) is -71.8. The van der Waals surface area contributed by atoms with Crippen LogP contribution in [0.2, 0.25) is 0 Å². The van der Waals surface area contributed by atoms with E-state index in [0.29, 0.717) is 5.75 Å². The number of carbonyl (C=O) groups excluding carboxylic acids is 2. The molecule has 0 heterocycles. The monoisotopic (exact) mass is 1110 g/mol. The molecule has 5 aromatic rings. The van der Waals surface area contributed by atoms with E-state index in [1.807, 2.05) is 30.3 Å². The van der Waals surface area contributed by atoms with Gasteiger partial charge in [0.05, 0.1) is 12.5 Å². The minimum Gasteiger partial charge on any atom is -0.459 e. The van der Waals surface area contributed by atoms with Crippen LogP contribution in [0.25, 0.3) is 5.57 Å². The zero-order valence-electron chi connectivity index (χ0n) is 38.5. The lowest BCUT2D eigenvalue weighted by Crippen LogP contribution is -2.81. The molecule has 2 aliphatic carbocycles. The molecule has 7 rings (SSSR count). The fourth-order valence-electron chi connectivity index (χ4n) is 9.22. The van der Waals surface area contributed by atoms with Gasteiger partial charge in [0.25, 0.3) is 0 Å². The molecule has 0 saturated heterocycles. The van der Waals surface area contributed by atoms with Crippen LogP contribution in [0.1, 0.15) is 69.8 Å². The van der Waals surface area contributed by atoms with Gasteiger partial charge in [-0.1, -0.05) is 43.2 Å². The van der Waals surface area contributed by atoms with Gasteiger partial charge in [0.2, 0.25) is 0 Å². The second kappa shape index (κ2) is 23.4. The van der Waals surface area contributed by atoms with E-state index in [0.717, 1.165) is 62.5 Å². The molecule has 0 N–H and O–H groups in total. The topological polar surface area (TPSA) is 52.6 Å². The van der Waals surface area contributed by atoms with E-state index in [1.165, 1.54) is 12.8 Å². The summed E-state index contributed by atoms with van der Waals surface area (Å²) in [6.07, 6.45) is 7.01. The highest BCUT2D eigenvalue weighted by molar-refractivity contribution is 7.95. The number of halogens is 20. The molecule has 2 aliphatic rings. The maximum Gasteiger partial charge on any atom is 0.346 e. The summed E-state index contributed by atoms with van der Waals surface area (Å²) in [4.78, 5) is 26.6. The highest BCUT2D eigenvalue weighted by Gasteiger charge is 2.52. The smallest absolute Gasteiger partial charge is 0.346 e. The van der Waals surface area contributed by atoms with Crippen molar-refractivity contribution in [2.24, 2.45) is 0 Å². The van der Waals surface area contributed by atoms with E-state index in [-0.39, 0.29) is 28.7 Å². The molecule has 0 atom stereocenters. The van der Waals surface area contributed by atoms with Crippen molar-refractivity contribution in [3.05, 3.63) is 158 Å². The number of rotatable bonds is 11. The molecule has 75 heavy (non-hydrogen) atoms. The number of hydrogen-bond donors (Lipinski definition) is 0. The largest absolute Gasteiger partial charge is 0.459 e. The van der Waals surface area contributed by atoms with Crippen LogP contribution in [0, 0.1) is 116 Å². The normalized spacial score (nSPS) is 14.4. The molecule has 5 aromatic carbocycles. The first-order valence-corrected chi connectivity index (χ1v) is 24.4. The van der Waals surface area contributed by atoms with Gasteiger partial charge in [-0.05, 0) is 67.8 Å². The maximum absolute atomic E-state index is 15.4. The zero-order chi connectivity index (χ0) is 55.7. The van der Waals surface area contributed by atoms with Gasteiger partial charge >= 0.3 is 11.9 Å². The Balaban J connectivity index is 0.000000264. The molecular weight excluding hydrogens is 1080 g/mol. The molecule has 4 nitrogen and oxygen atoms in total. The highest BCUT2D eigenvalue weighted by Crippen LogP contribution is 2.32. The molecular formula is C49H35BF20O4S. The number of carbonyl (C=O) groups is 2. The molecule has 26 heteroatoms. The van der Waals surface area contributed by atoms with Crippen LogP contribution in [0.15, 0.2) is 35.9 Å². The summed E-state index contributed by atoms with van der Waals surface area (Å²) in [7, 11) is 0.0134. The fourth-order valence-corrected chi connectivity index (χ4v) is 10.1. The molecule has 404 valence electrons. The van der Waals surface area contributed by atoms with E-state index in [4.69, 9.17) is 9.47 Å². The molecule has 0 aliphatic heterocycles. The maximum atomic E-state index is 15.4. The predicted molar refractivity (Wildman–Crippen MR) is 233 cm³/mol. The third-order valence-corrected chi connectivity index (χ3v) is 13.5. The van der Waals surface area contributed by atoms with Crippen LogP contribution in [-0.2, 0) is 30.0 Å². The van der Waals surface area contributed by atoms with Crippen LogP contribution in [0.4, 0.5) is 87.8 Å². The molecule has 0 aromatic heterocycles. The van der Waals surface area contributed by atoms with Crippen molar-refractivity contribution in [3.63, 3.8) is 0 Å². The van der Waals surface area contributed by atoms with Gasteiger partial charge in [0, 0.05) is 5.57 Å². The number of benzene rings is 5. The SMILES string of the molecule is C[S+](C)CC(=C(C(=O)OC1CCCCC1)C(=O)OC1CCCCC1)c1ccccc1.Fc1c(F)c(F)c([B-](c2c(F)c(F)c(F)c(F)c2F)(c2c(F)c(F)c(F)c(F)c2F)c2c(F)c(F)c(F)c(F)c2F)c(F)c1F. The van der Waals surface area contributed by atoms with Crippen molar-refractivity contribution in [2.45, 2.75) is 76.4 Å². The summed E-state index contributed by atoms with van der Waals surface area (Å²) >= 11 is 0. The molecule has 0 radical (unpaired) electrons. The van der Waals surface area contributed by atoms with E-state index in [9.17, 15) is 62.3 Å². The number of ether oxygens (including phenoxy) is 2. The van der Waals surface area contributed by atoms with E-state index < -0.39 is 156 Å². The Kier molecular flexibility index (Phi) is 18.1. The quantitative estimate of drug-likeness (QED) is 0.0152. The van der Waals surface area contributed by atoms with Crippen LogP contribution in [0.3, 0.4) is 0 Å². The number of esters is 2. The van der Waals surface area contributed by atoms with Crippen LogP contribution < -0.4 is 21.9 Å². The third-order valence-electron chi connectivity index (χ3n) is 12.6. The average Bonchev–Trinajstić information content (AvgIpc) is 3.39. The van der Waals surface area contributed by atoms with Gasteiger partial charge in [-0.3, -0.25) is 0 Å². The Labute approximate surface area is 415 Å². The van der Waals surface area contributed by atoms with Crippen LogP contribution >= 0.6 is 0 Å².